The standard InChI is InChI=1S/C18H29N3O4/c1-6-8-12(2)14(11-22)20-16(23)13-9-7-10-15(19-13)21-17(24)25-18(3,4)5/h7,9-10,12,14,22H,6,8,11H2,1-5H3,(H,20,23)(H,19,21,24). The zero-order valence-electron chi connectivity index (χ0n) is 15.6. The van der Waals surface area contributed by atoms with E-state index in [2.05, 4.69) is 22.5 Å². The molecule has 0 aliphatic rings. The van der Waals surface area contributed by atoms with Crippen molar-refractivity contribution in [2.24, 2.45) is 5.92 Å². The first-order valence-electron chi connectivity index (χ1n) is 8.55. The van der Waals surface area contributed by atoms with Crippen LogP contribution in [0.4, 0.5) is 10.6 Å². The Bertz CT molecular complexity index is 584. The summed E-state index contributed by atoms with van der Waals surface area (Å²) in [6.07, 6.45) is 1.24. The van der Waals surface area contributed by atoms with Crippen molar-refractivity contribution in [1.29, 1.82) is 0 Å². The van der Waals surface area contributed by atoms with E-state index in [4.69, 9.17) is 4.74 Å². The number of aliphatic hydroxyl groups excluding tert-OH is 1. The SMILES string of the molecule is CCCC(C)C(CO)NC(=O)c1cccc(NC(=O)OC(C)(C)C)n1. The summed E-state index contributed by atoms with van der Waals surface area (Å²) in [6.45, 7) is 9.19. The molecule has 0 aliphatic carbocycles. The van der Waals surface area contributed by atoms with E-state index in [0.717, 1.165) is 12.8 Å². The summed E-state index contributed by atoms with van der Waals surface area (Å²) in [7, 11) is 0. The van der Waals surface area contributed by atoms with Crippen molar-refractivity contribution in [2.45, 2.75) is 59.1 Å². The number of hydrogen-bond acceptors (Lipinski definition) is 5. The number of nitrogens with zero attached hydrogens (tertiary/aromatic N) is 1. The molecule has 25 heavy (non-hydrogen) atoms. The summed E-state index contributed by atoms with van der Waals surface area (Å²) in [5.41, 5.74) is -0.459. The first-order chi connectivity index (χ1) is 11.7. The monoisotopic (exact) mass is 351 g/mol. The third-order valence-electron chi connectivity index (χ3n) is 3.55. The number of amides is 2. The number of nitrogens with one attached hydrogen (secondary N) is 2. The molecule has 0 aromatic carbocycles. The molecular formula is C18H29N3O4. The molecule has 140 valence electrons. The number of carbonyl (C=O) groups excluding carboxylic acids is 2. The molecule has 1 heterocycles. The van der Waals surface area contributed by atoms with Gasteiger partial charge in [0.25, 0.3) is 5.91 Å². The lowest BCUT2D eigenvalue weighted by atomic mass is 9.97. The first-order valence-corrected chi connectivity index (χ1v) is 8.55. The summed E-state index contributed by atoms with van der Waals surface area (Å²) >= 11 is 0. The van der Waals surface area contributed by atoms with Crippen LogP contribution in [0.2, 0.25) is 0 Å². The van der Waals surface area contributed by atoms with Gasteiger partial charge in [0.15, 0.2) is 0 Å². The number of aliphatic hydroxyl groups is 1. The smallest absolute Gasteiger partial charge is 0.413 e. The van der Waals surface area contributed by atoms with Crippen molar-refractivity contribution in [2.75, 3.05) is 11.9 Å². The molecule has 0 aliphatic heterocycles. The Hall–Kier alpha value is -2.15. The van der Waals surface area contributed by atoms with Crippen molar-refractivity contribution in [3.63, 3.8) is 0 Å². The van der Waals surface area contributed by atoms with Crippen LogP contribution >= 0.6 is 0 Å². The highest BCUT2D eigenvalue weighted by molar-refractivity contribution is 5.93. The summed E-state index contributed by atoms with van der Waals surface area (Å²) in [5.74, 6) is -0.0130. The van der Waals surface area contributed by atoms with Gasteiger partial charge < -0.3 is 15.2 Å². The molecule has 1 rings (SSSR count). The Balaban J connectivity index is 2.76. The van der Waals surface area contributed by atoms with Crippen LogP contribution < -0.4 is 10.6 Å². The van der Waals surface area contributed by atoms with E-state index in [0.29, 0.717) is 0 Å². The number of pyridine rings is 1. The topological polar surface area (TPSA) is 101 Å². The van der Waals surface area contributed by atoms with E-state index < -0.39 is 17.6 Å². The normalized spacial score (nSPS) is 13.7. The summed E-state index contributed by atoms with van der Waals surface area (Å²) in [6, 6.07) is 4.41. The van der Waals surface area contributed by atoms with Gasteiger partial charge in [0, 0.05) is 0 Å². The van der Waals surface area contributed by atoms with Crippen LogP contribution in [0.5, 0.6) is 0 Å². The largest absolute Gasteiger partial charge is 0.444 e. The molecule has 1 aromatic heterocycles. The molecule has 2 amide bonds. The minimum Gasteiger partial charge on any atom is -0.444 e. The number of anilines is 1. The van der Waals surface area contributed by atoms with E-state index in [-0.39, 0.29) is 30.1 Å². The molecule has 2 atom stereocenters. The lowest BCUT2D eigenvalue weighted by Gasteiger charge is -2.23. The van der Waals surface area contributed by atoms with Crippen LogP contribution in [0.3, 0.4) is 0 Å². The molecule has 7 nitrogen and oxygen atoms in total. The quantitative estimate of drug-likeness (QED) is 0.701. The van der Waals surface area contributed by atoms with Crippen LogP contribution in [0, 0.1) is 5.92 Å². The maximum absolute atomic E-state index is 12.4. The fourth-order valence-electron chi connectivity index (χ4n) is 2.31. The van der Waals surface area contributed by atoms with Crippen LogP contribution in [0.25, 0.3) is 0 Å². The first kappa shape index (κ1) is 20.9. The molecule has 0 spiro atoms. The van der Waals surface area contributed by atoms with Gasteiger partial charge in [0.05, 0.1) is 12.6 Å². The number of aromatic nitrogens is 1. The van der Waals surface area contributed by atoms with Crippen LogP contribution in [-0.2, 0) is 4.74 Å². The number of rotatable bonds is 7. The molecule has 0 bridgehead atoms. The molecule has 1 aromatic rings. The second kappa shape index (κ2) is 9.36. The van der Waals surface area contributed by atoms with E-state index in [9.17, 15) is 14.7 Å². The Morgan fingerprint density at radius 2 is 2.00 bits per heavy atom. The van der Waals surface area contributed by atoms with Gasteiger partial charge in [0.1, 0.15) is 17.1 Å². The van der Waals surface area contributed by atoms with Gasteiger partial charge in [-0.2, -0.15) is 0 Å². The highest BCUT2D eigenvalue weighted by Gasteiger charge is 2.20. The zero-order valence-corrected chi connectivity index (χ0v) is 15.6. The summed E-state index contributed by atoms with van der Waals surface area (Å²) in [4.78, 5) is 28.3. The lowest BCUT2D eigenvalue weighted by Crippen LogP contribution is -2.42. The van der Waals surface area contributed by atoms with Crippen LogP contribution in [0.15, 0.2) is 18.2 Å². The average Bonchev–Trinajstić information content (AvgIpc) is 2.50. The molecule has 0 saturated heterocycles. The van der Waals surface area contributed by atoms with E-state index in [1.54, 1.807) is 39.0 Å². The predicted molar refractivity (Wildman–Crippen MR) is 96.5 cm³/mol. The van der Waals surface area contributed by atoms with Gasteiger partial charge in [-0.1, -0.05) is 26.3 Å². The molecule has 0 saturated carbocycles. The average molecular weight is 351 g/mol. The van der Waals surface area contributed by atoms with Crippen molar-refractivity contribution in [1.82, 2.24) is 10.3 Å². The second-order valence-electron chi connectivity index (χ2n) is 7.06. The van der Waals surface area contributed by atoms with Crippen LogP contribution in [-0.4, -0.2) is 40.3 Å². The minimum atomic E-state index is -0.637. The number of carbonyl (C=O) groups is 2. The summed E-state index contributed by atoms with van der Waals surface area (Å²) in [5, 5.41) is 14.8. The zero-order chi connectivity index (χ0) is 19.0. The highest BCUT2D eigenvalue weighted by Crippen LogP contribution is 2.13. The number of ether oxygens (including phenoxy) is 1. The summed E-state index contributed by atoms with van der Waals surface area (Å²) < 4.78 is 5.16. The maximum Gasteiger partial charge on any atom is 0.413 e. The minimum absolute atomic E-state index is 0.136. The van der Waals surface area contributed by atoms with Crippen molar-refractivity contribution in [3.8, 4) is 0 Å². The van der Waals surface area contributed by atoms with E-state index in [1.165, 1.54) is 0 Å². The Morgan fingerprint density at radius 3 is 2.56 bits per heavy atom. The fraction of sp³-hybridized carbons (Fsp3) is 0.611. The highest BCUT2D eigenvalue weighted by atomic mass is 16.6. The van der Waals surface area contributed by atoms with Crippen LogP contribution in [0.1, 0.15) is 57.9 Å². The Labute approximate surface area is 149 Å². The molecule has 0 fully saturated rings. The lowest BCUT2D eigenvalue weighted by molar-refractivity contribution is 0.0634. The third kappa shape index (κ3) is 7.51. The fourth-order valence-corrected chi connectivity index (χ4v) is 2.31. The van der Waals surface area contributed by atoms with Crippen molar-refractivity contribution < 1.29 is 19.4 Å². The third-order valence-corrected chi connectivity index (χ3v) is 3.55. The predicted octanol–water partition coefficient (Wildman–Crippen LogP) is 2.96. The molecule has 0 radical (unpaired) electrons. The van der Waals surface area contributed by atoms with Gasteiger partial charge in [-0.3, -0.25) is 10.1 Å². The Morgan fingerprint density at radius 1 is 1.32 bits per heavy atom. The molecule has 2 unspecified atom stereocenters. The molecular weight excluding hydrogens is 322 g/mol. The molecule has 7 heteroatoms. The van der Waals surface area contributed by atoms with Gasteiger partial charge >= 0.3 is 6.09 Å². The van der Waals surface area contributed by atoms with Gasteiger partial charge in [-0.05, 0) is 45.2 Å². The number of hydrogen-bond donors (Lipinski definition) is 3. The van der Waals surface area contributed by atoms with E-state index in [1.807, 2.05) is 6.92 Å². The van der Waals surface area contributed by atoms with Crippen molar-refractivity contribution >= 4 is 17.8 Å². The van der Waals surface area contributed by atoms with E-state index >= 15 is 0 Å². The Kier molecular flexibility index (Phi) is 7.83. The van der Waals surface area contributed by atoms with Gasteiger partial charge in [-0.25, -0.2) is 9.78 Å². The molecule has 3 N–H and O–H groups in total. The second-order valence-corrected chi connectivity index (χ2v) is 7.06. The van der Waals surface area contributed by atoms with Gasteiger partial charge in [-0.15, -0.1) is 0 Å². The van der Waals surface area contributed by atoms with Gasteiger partial charge in [0.2, 0.25) is 0 Å². The maximum atomic E-state index is 12.4. The van der Waals surface area contributed by atoms with Crippen molar-refractivity contribution in [3.05, 3.63) is 23.9 Å².